The lowest BCUT2D eigenvalue weighted by molar-refractivity contribution is 0.394. The van der Waals surface area contributed by atoms with Gasteiger partial charge in [-0.25, -0.2) is 0 Å². The maximum atomic E-state index is 3.59. The zero-order valence-corrected chi connectivity index (χ0v) is 10.8. The van der Waals surface area contributed by atoms with Crippen LogP contribution in [0.15, 0.2) is 0 Å². The van der Waals surface area contributed by atoms with Gasteiger partial charge in [0.15, 0.2) is 0 Å². The maximum Gasteiger partial charge on any atom is 0.00682 e. The van der Waals surface area contributed by atoms with Gasteiger partial charge >= 0.3 is 0 Å². The summed E-state index contributed by atoms with van der Waals surface area (Å²) >= 11 is 2.23. The topological polar surface area (TPSA) is 12.0 Å². The smallest absolute Gasteiger partial charge is 0.00682 e. The number of nitrogens with one attached hydrogen (secondary N) is 1. The first-order valence-electron chi connectivity index (χ1n) is 6.69. The zero-order chi connectivity index (χ0) is 10.5. The van der Waals surface area contributed by atoms with E-state index in [4.69, 9.17) is 0 Å². The molecule has 0 aromatic heterocycles. The summed E-state index contributed by atoms with van der Waals surface area (Å²) in [6.07, 6.45) is 10.1. The molecule has 2 heteroatoms. The first kappa shape index (κ1) is 11.8. The molecule has 2 fully saturated rings. The van der Waals surface area contributed by atoms with Crippen molar-refractivity contribution < 1.29 is 0 Å². The van der Waals surface area contributed by atoms with E-state index in [2.05, 4.69) is 24.0 Å². The summed E-state index contributed by atoms with van der Waals surface area (Å²) in [5.74, 6) is 2.36. The lowest BCUT2D eigenvalue weighted by Gasteiger charge is -2.26. The van der Waals surface area contributed by atoms with Gasteiger partial charge in [-0.3, -0.25) is 0 Å². The molecule has 2 atom stereocenters. The molecule has 0 heterocycles. The van der Waals surface area contributed by atoms with Crippen LogP contribution in [0.1, 0.15) is 51.9 Å². The summed E-state index contributed by atoms with van der Waals surface area (Å²) in [6, 6.07) is 0.893. The van der Waals surface area contributed by atoms with E-state index in [0.717, 1.165) is 17.2 Å². The monoisotopic (exact) mass is 227 g/mol. The third-order valence-electron chi connectivity index (χ3n) is 3.57. The molecule has 0 spiro atoms. The molecule has 2 aliphatic rings. The molecule has 1 nitrogen and oxygen atoms in total. The first-order valence-corrected chi connectivity index (χ1v) is 7.74. The second-order valence-corrected chi connectivity index (χ2v) is 6.75. The lowest BCUT2D eigenvalue weighted by atomic mass is 9.91. The Bertz CT molecular complexity index is 179. The molecule has 2 rings (SSSR count). The minimum atomic E-state index is 0.893. The fourth-order valence-electron chi connectivity index (χ4n) is 2.45. The Morgan fingerprint density at radius 3 is 2.80 bits per heavy atom. The minimum Gasteiger partial charge on any atom is -0.314 e. The number of thioether (sulfide) groups is 1. The van der Waals surface area contributed by atoms with Gasteiger partial charge in [-0.05, 0) is 50.3 Å². The van der Waals surface area contributed by atoms with Gasteiger partial charge in [0, 0.05) is 11.3 Å². The van der Waals surface area contributed by atoms with Crippen molar-refractivity contribution in [3.63, 3.8) is 0 Å². The van der Waals surface area contributed by atoms with Crippen LogP contribution in [0.25, 0.3) is 0 Å². The molecule has 15 heavy (non-hydrogen) atoms. The van der Waals surface area contributed by atoms with Crippen molar-refractivity contribution in [3.8, 4) is 0 Å². The third kappa shape index (κ3) is 4.78. The molecule has 0 aromatic carbocycles. The molecule has 1 N–H and O–H groups in total. The number of hydrogen-bond donors (Lipinski definition) is 1. The molecular formula is C13H25NS. The fraction of sp³-hybridized carbons (Fsp3) is 1.00. The Kier molecular flexibility index (Phi) is 4.83. The van der Waals surface area contributed by atoms with Gasteiger partial charge in [-0.15, -0.1) is 0 Å². The fourth-order valence-corrected chi connectivity index (χ4v) is 3.89. The Morgan fingerprint density at radius 2 is 2.07 bits per heavy atom. The summed E-state index contributed by atoms with van der Waals surface area (Å²) in [5, 5.41) is 4.57. The molecule has 2 aliphatic carbocycles. The van der Waals surface area contributed by atoms with Crippen molar-refractivity contribution in [3.05, 3.63) is 0 Å². The van der Waals surface area contributed by atoms with Crippen molar-refractivity contribution in [2.45, 2.75) is 63.2 Å². The lowest BCUT2D eigenvalue weighted by Crippen LogP contribution is -2.19. The van der Waals surface area contributed by atoms with E-state index in [-0.39, 0.29) is 0 Å². The van der Waals surface area contributed by atoms with Crippen LogP contribution in [-0.2, 0) is 0 Å². The van der Waals surface area contributed by atoms with E-state index >= 15 is 0 Å². The van der Waals surface area contributed by atoms with E-state index in [0.29, 0.717) is 0 Å². The van der Waals surface area contributed by atoms with E-state index < -0.39 is 0 Å². The van der Waals surface area contributed by atoms with Gasteiger partial charge in [-0.2, -0.15) is 11.8 Å². The highest BCUT2D eigenvalue weighted by Crippen LogP contribution is 2.32. The maximum absolute atomic E-state index is 3.59. The van der Waals surface area contributed by atoms with Crippen LogP contribution in [0.5, 0.6) is 0 Å². The molecule has 0 bridgehead atoms. The Hall–Kier alpha value is 0.310. The van der Waals surface area contributed by atoms with E-state index in [1.165, 1.54) is 57.2 Å². The van der Waals surface area contributed by atoms with Gasteiger partial charge in [0.05, 0.1) is 0 Å². The summed E-state index contributed by atoms with van der Waals surface area (Å²) in [5.41, 5.74) is 0. The second-order valence-electron chi connectivity index (χ2n) is 5.35. The second kappa shape index (κ2) is 6.15. The normalized spacial score (nSPS) is 31.8. The highest BCUT2D eigenvalue weighted by molar-refractivity contribution is 7.99. The summed E-state index contributed by atoms with van der Waals surface area (Å²) in [6.45, 7) is 3.67. The highest BCUT2D eigenvalue weighted by Gasteiger charge is 2.20. The molecule has 88 valence electrons. The Labute approximate surface area is 98.8 Å². The van der Waals surface area contributed by atoms with Gasteiger partial charge in [-0.1, -0.05) is 19.8 Å². The van der Waals surface area contributed by atoms with Crippen molar-refractivity contribution in [2.24, 2.45) is 5.92 Å². The predicted molar refractivity (Wildman–Crippen MR) is 69.5 cm³/mol. The molecule has 0 aliphatic heterocycles. The average molecular weight is 227 g/mol. The number of hydrogen-bond acceptors (Lipinski definition) is 2. The van der Waals surface area contributed by atoms with Gasteiger partial charge < -0.3 is 5.32 Å². The van der Waals surface area contributed by atoms with E-state index in [1.807, 2.05) is 0 Å². The van der Waals surface area contributed by atoms with Crippen molar-refractivity contribution in [1.82, 2.24) is 5.32 Å². The third-order valence-corrected chi connectivity index (χ3v) is 5.00. The van der Waals surface area contributed by atoms with Crippen LogP contribution in [0, 0.1) is 5.92 Å². The Morgan fingerprint density at radius 1 is 1.20 bits per heavy atom. The van der Waals surface area contributed by atoms with Gasteiger partial charge in [0.25, 0.3) is 0 Å². The van der Waals surface area contributed by atoms with Crippen LogP contribution in [0.2, 0.25) is 0 Å². The van der Waals surface area contributed by atoms with Crippen LogP contribution in [-0.4, -0.2) is 23.6 Å². The molecule has 0 saturated heterocycles. The van der Waals surface area contributed by atoms with Crippen LogP contribution in [0.3, 0.4) is 0 Å². The van der Waals surface area contributed by atoms with Crippen LogP contribution >= 0.6 is 11.8 Å². The standard InChI is InChI=1S/C13H25NS/c1-11-4-2-5-13(10-11)15-9-3-8-14-12-6-7-12/h11-14H,2-10H2,1H3. The average Bonchev–Trinajstić information content (AvgIpc) is 3.01. The summed E-state index contributed by atoms with van der Waals surface area (Å²) in [7, 11) is 0. The molecule has 0 radical (unpaired) electrons. The summed E-state index contributed by atoms with van der Waals surface area (Å²) < 4.78 is 0. The quantitative estimate of drug-likeness (QED) is 0.698. The number of rotatable bonds is 6. The van der Waals surface area contributed by atoms with E-state index in [9.17, 15) is 0 Å². The minimum absolute atomic E-state index is 0.893. The highest BCUT2D eigenvalue weighted by atomic mass is 32.2. The first-order chi connectivity index (χ1) is 7.34. The largest absolute Gasteiger partial charge is 0.314 e. The molecule has 2 unspecified atom stereocenters. The van der Waals surface area contributed by atoms with Crippen molar-refractivity contribution in [1.29, 1.82) is 0 Å². The van der Waals surface area contributed by atoms with Gasteiger partial charge in [0.2, 0.25) is 0 Å². The molecular weight excluding hydrogens is 202 g/mol. The van der Waals surface area contributed by atoms with E-state index in [1.54, 1.807) is 0 Å². The predicted octanol–water partition coefficient (Wildman–Crippen LogP) is 3.44. The van der Waals surface area contributed by atoms with Crippen LogP contribution in [0.4, 0.5) is 0 Å². The Balaban J connectivity index is 1.45. The van der Waals surface area contributed by atoms with Gasteiger partial charge in [0.1, 0.15) is 0 Å². The van der Waals surface area contributed by atoms with Crippen molar-refractivity contribution >= 4 is 11.8 Å². The van der Waals surface area contributed by atoms with Crippen LogP contribution < -0.4 is 5.32 Å². The SMILES string of the molecule is CC1CCCC(SCCCNC2CC2)C1. The molecule has 2 saturated carbocycles. The summed E-state index contributed by atoms with van der Waals surface area (Å²) in [4.78, 5) is 0. The molecule has 0 amide bonds. The van der Waals surface area contributed by atoms with Crippen molar-refractivity contribution in [2.75, 3.05) is 12.3 Å². The zero-order valence-electron chi connectivity index (χ0n) is 10.0. The molecule has 0 aromatic rings.